The van der Waals surface area contributed by atoms with Crippen LogP contribution in [0, 0.1) is 0 Å². The highest BCUT2D eigenvalue weighted by atomic mass is 32.1. The Morgan fingerprint density at radius 1 is 1.32 bits per heavy atom. The summed E-state index contributed by atoms with van der Waals surface area (Å²) in [6.07, 6.45) is 2.87. The summed E-state index contributed by atoms with van der Waals surface area (Å²) >= 11 is 1.80. The van der Waals surface area contributed by atoms with E-state index < -0.39 is 11.7 Å². The van der Waals surface area contributed by atoms with Gasteiger partial charge in [-0.2, -0.15) is 0 Å². The normalized spacial score (nSPS) is 20.4. The van der Waals surface area contributed by atoms with E-state index in [-0.39, 0.29) is 0 Å². The van der Waals surface area contributed by atoms with Crippen molar-refractivity contribution in [1.82, 2.24) is 0 Å². The van der Waals surface area contributed by atoms with Gasteiger partial charge in [0.15, 0.2) is 0 Å². The van der Waals surface area contributed by atoms with E-state index in [1.165, 1.54) is 9.75 Å². The lowest BCUT2D eigenvalue weighted by molar-refractivity contribution is -0.165. The van der Waals surface area contributed by atoms with Crippen LogP contribution in [0.4, 0.5) is 0 Å². The average molecular weight is 284 g/mol. The molecule has 108 valence electrons. The van der Waals surface area contributed by atoms with Gasteiger partial charge in [0, 0.05) is 48.8 Å². The first-order valence-corrected chi connectivity index (χ1v) is 7.99. The molecule has 1 aliphatic rings. The molecule has 1 atom stereocenters. The zero-order valence-corrected chi connectivity index (χ0v) is 12.7. The first kappa shape index (κ1) is 15.0. The van der Waals surface area contributed by atoms with Gasteiger partial charge < -0.3 is 14.6 Å². The molecule has 1 aliphatic heterocycles. The number of hydrogen-bond acceptors (Lipinski definition) is 4. The number of aliphatic hydroxyl groups is 1. The predicted molar refractivity (Wildman–Crippen MR) is 77.8 cm³/mol. The van der Waals surface area contributed by atoms with Crippen LogP contribution in [-0.2, 0) is 22.3 Å². The zero-order chi connectivity index (χ0) is 13.7. The van der Waals surface area contributed by atoms with E-state index in [1.54, 1.807) is 11.3 Å². The first-order chi connectivity index (χ1) is 9.20. The molecule has 0 radical (unpaired) electrons. The largest absolute Gasteiger partial charge is 0.390 e. The highest BCUT2D eigenvalue weighted by molar-refractivity contribution is 7.11. The maximum absolute atomic E-state index is 10.6. The van der Waals surface area contributed by atoms with Gasteiger partial charge in [0.1, 0.15) is 0 Å². The molecule has 1 fully saturated rings. The SMILES string of the molecule is CCOC1(C(O)Cc2ccc(CC)s2)CCOCC1. The second kappa shape index (κ2) is 6.84. The van der Waals surface area contributed by atoms with Crippen molar-refractivity contribution in [3.63, 3.8) is 0 Å². The van der Waals surface area contributed by atoms with E-state index in [0.717, 1.165) is 19.3 Å². The molecule has 1 saturated heterocycles. The molecule has 1 N–H and O–H groups in total. The molecule has 2 rings (SSSR count). The fraction of sp³-hybridized carbons (Fsp3) is 0.733. The van der Waals surface area contributed by atoms with Gasteiger partial charge in [-0.25, -0.2) is 0 Å². The third kappa shape index (κ3) is 3.57. The minimum atomic E-state index is -0.445. The van der Waals surface area contributed by atoms with E-state index in [1.807, 2.05) is 6.92 Å². The van der Waals surface area contributed by atoms with E-state index in [0.29, 0.717) is 26.2 Å². The Kier molecular flexibility index (Phi) is 5.39. The summed E-state index contributed by atoms with van der Waals surface area (Å²) in [7, 11) is 0. The Balaban J connectivity index is 2.04. The minimum absolute atomic E-state index is 0.413. The number of aliphatic hydroxyl groups excluding tert-OH is 1. The maximum atomic E-state index is 10.6. The van der Waals surface area contributed by atoms with Crippen molar-refractivity contribution in [1.29, 1.82) is 0 Å². The Morgan fingerprint density at radius 2 is 2.00 bits per heavy atom. The van der Waals surface area contributed by atoms with Crippen LogP contribution in [0.1, 0.15) is 36.4 Å². The molecule has 0 amide bonds. The molecule has 2 heterocycles. The van der Waals surface area contributed by atoms with Crippen LogP contribution in [0.3, 0.4) is 0 Å². The predicted octanol–water partition coefficient (Wildman–Crippen LogP) is 2.80. The lowest BCUT2D eigenvalue weighted by atomic mass is 9.86. The van der Waals surface area contributed by atoms with Crippen LogP contribution in [0.5, 0.6) is 0 Å². The second-order valence-corrected chi connectivity index (χ2v) is 6.30. The summed E-state index contributed by atoms with van der Waals surface area (Å²) in [6.45, 7) is 6.15. The third-order valence-corrected chi connectivity index (χ3v) is 5.09. The fourth-order valence-corrected chi connectivity index (χ4v) is 3.67. The molecule has 4 heteroatoms. The number of rotatable bonds is 6. The van der Waals surface area contributed by atoms with E-state index in [9.17, 15) is 5.11 Å². The fourth-order valence-electron chi connectivity index (χ4n) is 2.68. The summed E-state index contributed by atoms with van der Waals surface area (Å²) in [5, 5.41) is 10.6. The Labute approximate surface area is 119 Å². The quantitative estimate of drug-likeness (QED) is 0.873. The third-order valence-electron chi connectivity index (χ3n) is 3.84. The lowest BCUT2D eigenvalue weighted by Crippen LogP contribution is -2.50. The van der Waals surface area contributed by atoms with Crippen LogP contribution >= 0.6 is 11.3 Å². The van der Waals surface area contributed by atoms with E-state index in [2.05, 4.69) is 19.1 Å². The molecule has 0 aliphatic carbocycles. The maximum Gasteiger partial charge on any atom is 0.0987 e. The van der Waals surface area contributed by atoms with Crippen molar-refractivity contribution in [3.05, 3.63) is 21.9 Å². The molecule has 0 bridgehead atoms. The van der Waals surface area contributed by atoms with Gasteiger partial charge in [0.05, 0.1) is 11.7 Å². The molecule has 3 nitrogen and oxygen atoms in total. The van der Waals surface area contributed by atoms with Gasteiger partial charge in [-0.3, -0.25) is 0 Å². The minimum Gasteiger partial charge on any atom is -0.390 e. The molecule has 0 spiro atoms. The number of ether oxygens (including phenoxy) is 2. The summed E-state index contributed by atoms with van der Waals surface area (Å²) < 4.78 is 11.3. The van der Waals surface area contributed by atoms with Gasteiger partial charge in [-0.1, -0.05) is 6.92 Å². The number of thiophene rings is 1. The van der Waals surface area contributed by atoms with Gasteiger partial charge in [-0.05, 0) is 25.5 Å². The van der Waals surface area contributed by atoms with Crippen molar-refractivity contribution < 1.29 is 14.6 Å². The molecule has 1 aromatic rings. The van der Waals surface area contributed by atoms with E-state index >= 15 is 0 Å². The van der Waals surface area contributed by atoms with Crippen molar-refractivity contribution in [2.45, 2.75) is 51.2 Å². The standard InChI is InChI=1S/C15H24O3S/c1-3-12-5-6-13(19-12)11-14(16)15(18-4-2)7-9-17-10-8-15/h5-6,14,16H,3-4,7-11H2,1-2H3. The molecule has 0 aromatic carbocycles. The van der Waals surface area contributed by atoms with Crippen molar-refractivity contribution in [2.24, 2.45) is 0 Å². The van der Waals surface area contributed by atoms with Crippen molar-refractivity contribution in [2.75, 3.05) is 19.8 Å². The molecule has 0 saturated carbocycles. The van der Waals surface area contributed by atoms with Gasteiger partial charge >= 0.3 is 0 Å². The average Bonchev–Trinajstić information content (AvgIpc) is 2.88. The summed E-state index contributed by atoms with van der Waals surface area (Å²) in [5.41, 5.74) is -0.413. The number of hydrogen-bond donors (Lipinski definition) is 1. The highest BCUT2D eigenvalue weighted by Crippen LogP contribution is 2.32. The highest BCUT2D eigenvalue weighted by Gasteiger charge is 2.40. The second-order valence-electron chi connectivity index (χ2n) is 5.05. The lowest BCUT2D eigenvalue weighted by Gasteiger charge is -2.40. The van der Waals surface area contributed by atoms with Crippen LogP contribution in [0.2, 0.25) is 0 Å². The molecule has 1 aromatic heterocycles. The topological polar surface area (TPSA) is 38.7 Å². The molecule has 1 unspecified atom stereocenters. The van der Waals surface area contributed by atoms with Crippen LogP contribution in [-0.4, -0.2) is 36.6 Å². The smallest absolute Gasteiger partial charge is 0.0987 e. The molecular weight excluding hydrogens is 260 g/mol. The summed E-state index contributed by atoms with van der Waals surface area (Å²) in [4.78, 5) is 2.62. The van der Waals surface area contributed by atoms with Crippen LogP contribution < -0.4 is 0 Å². The molecular formula is C15H24O3S. The summed E-state index contributed by atoms with van der Waals surface area (Å²) in [6, 6.07) is 4.29. The van der Waals surface area contributed by atoms with E-state index in [4.69, 9.17) is 9.47 Å². The van der Waals surface area contributed by atoms with Crippen molar-refractivity contribution in [3.8, 4) is 0 Å². The summed E-state index contributed by atoms with van der Waals surface area (Å²) in [5.74, 6) is 0. The molecule has 19 heavy (non-hydrogen) atoms. The van der Waals surface area contributed by atoms with Gasteiger partial charge in [0.2, 0.25) is 0 Å². The van der Waals surface area contributed by atoms with Crippen molar-refractivity contribution >= 4 is 11.3 Å². The Morgan fingerprint density at radius 3 is 2.58 bits per heavy atom. The van der Waals surface area contributed by atoms with Gasteiger partial charge in [-0.15, -0.1) is 11.3 Å². The van der Waals surface area contributed by atoms with Gasteiger partial charge in [0.25, 0.3) is 0 Å². The number of aryl methyl sites for hydroxylation is 1. The van der Waals surface area contributed by atoms with Crippen LogP contribution in [0.25, 0.3) is 0 Å². The Bertz CT molecular complexity index is 377. The van der Waals surface area contributed by atoms with Crippen LogP contribution in [0.15, 0.2) is 12.1 Å². The monoisotopic (exact) mass is 284 g/mol. The zero-order valence-electron chi connectivity index (χ0n) is 11.9. The first-order valence-electron chi connectivity index (χ1n) is 7.17. The Hall–Kier alpha value is -0.420.